The van der Waals surface area contributed by atoms with Crippen LogP contribution in [-0.2, 0) is 4.79 Å². The van der Waals surface area contributed by atoms with Crippen LogP contribution in [0.4, 0.5) is 0 Å². The van der Waals surface area contributed by atoms with E-state index in [1.807, 2.05) is 42.6 Å². The van der Waals surface area contributed by atoms with E-state index in [-0.39, 0.29) is 18.0 Å². The van der Waals surface area contributed by atoms with Crippen LogP contribution in [0.2, 0.25) is 0 Å². The molecule has 2 atom stereocenters. The number of aromatic nitrogens is 1. The highest BCUT2D eigenvalue weighted by atomic mass is 32.1. The lowest BCUT2D eigenvalue weighted by atomic mass is 10.0. The highest BCUT2D eigenvalue weighted by Gasteiger charge is 2.35. The summed E-state index contributed by atoms with van der Waals surface area (Å²) >= 11 is 1.63. The zero-order valence-corrected chi connectivity index (χ0v) is 13.5. The predicted octanol–water partition coefficient (Wildman–Crippen LogP) is 3.11. The molecule has 0 bridgehead atoms. The Labute approximate surface area is 134 Å². The first kappa shape index (κ1) is 15.2. The van der Waals surface area contributed by atoms with Crippen LogP contribution in [0.25, 0.3) is 0 Å². The summed E-state index contributed by atoms with van der Waals surface area (Å²) in [5.41, 5.74) is 8.14. The zero-order chi connectivity index (χ0) is 15.5. The number of amides is 1. The first-order valence-corrected chi connectivity index (χ1v) is 8.53. The fourth-order valence-corrected chi connectivity index (χ4v) is 3.51. The molecule has 4 nitrogen and oxygen atoms in total. The first-order valence-electron chi connectivity index (χ1n) is 7.65. The van der Waals surface area contributed by atoms with E-state index in [2.05, 4.69) is 10.3 Å². The number of carbonyl (C=O) groups is 1. The van der Waals surface area contributed by atoms with Gasteiger partial charge in [0.15, 0.2) is 0 Å². The number of nitrogens with zero attached hydrogens (tertiary/aromatic N) is 1. The smallest absolute Gasteiger partial charge is 0.222 e. The Morgan fingerprint density at radius 2 is 2.14 bits per heavy atom. The molecule has 116 valence electrons. The Kier molecular flexibility index (Phi) is 4.55. The molecule has 1 aromatic heterocycles. The van der Waals surface area contributed by atoms with E-state index in [9.17, 15) is 4.79 Å². The second-order valence-corrected chi connectivity index (χ2v) is 6.82. The van der Waals surface area contributed by atoms with Gasteiger partial charge in [-0.25, -0.2) is 4.98 Å². The van der Waals surface area contributed by atoms with Crippen LogP contribution in [0.3, 0.4) is 0 Å². The van der Waals surface area contributed by atoms with Gasteiger partial charge in [-0.05, 0) is 31.2 Å². The zero-order valence-electron chi connectivity index (χ0n) is 12.7. The predicted molar refractivity (Wildman–Crippen MR) is 88.4 cm³/mol. The van der Waals surface area contributed by atoms with Crippen molar-refractivity contribution in [2.45, 2.75) is 38.3 Å². The normalized spacial score (nSPS) is 17.0. The summed E-state index contributed by atoms with van der Waals surface area (Å²) in [7, 11) is 0. The lowest BCUT2D eigenvalue weighted by Crippen LogP contribution is -2.32. The van der Waals surface area contributed by atoms with Gasteiger partial charge in [-0.15, -0.1) is 11.3 Å². The van der Waals surface area contributed by atoms with Crippen LogP contribution in [0, 0.1) is 12.8 Å². The number of carbonyl (C=O) groups excluding carboxylic acids is 1. The monoisotopic (exact) mass is 315 g/mol. The van der Waals surface area contributed by atoms with Crippen LogP contribution >= 0.6 is 11.3 Å². The number of benzene rings is 1. The van der Waals surface area contributed by atoms with Crippen molar-refractivity contribution in [2.24, 2.45) is 11.7 Å². The maximum atomic E-state index is 12.3. The van der Waals surface area contributed by atoms with E-state index in [1.54, 1.807) is 11.3 Å². The van der Waals surface area contributed by atoms with E-state index >= 15 is 0 Å². The fraction of sp³-hybridized carbons (Fsp3) is 0.412. The van der Waals surface area contributed by atoms with Crippen LogP contribution < -0.4 is 11.1 Å². The quantitative estimate of drug-likeness (QED) is 0.860. The fourth-order valence-electron chi connectivity index (χ4n) is 2.58. The van der Waals surface area contributed by atoms with E-state index in [0.717, 1.165) is 29.1 Å². The summed E-state index contributed by atoms with van der Waals surface area (Å²) in [6, 6.07) is 9.54. The molecule has 2 aromatic rings. The summed E-state index contributed by atoms with van der Waals surface area (Å²) in [5, 5.41) is 6.19. The second-order valence-electron chi connectivity index (χ2n) is 5.93. The van der Waals surface area contributed by atoms with Gasteiger partial charge in [0.1, 0.15) is 5.01 Å². The minimum absolute atomic E-state index is 0.00102. The number of hydrogen-bond donors (Lipinski definition) is 2. The third-order valence-electron chi connectivity index (χ3n) is 3.95. The van der Waals surface area contributed by atoms with Gasteiger partial charge in [0.2, 0.25) is 5.91 Å². The van der Waals surface area contributed by atoms with Crippen molar-refractivity contribution in [2.75, 3.05) is 0 Å². The first-order chi connectivity index (χ1) is 10.6. The van der Waals surface area contributed by atoms with Crippen LogP contribution in [0.15, 0.2) is 35.7 Å². The van der Waals surface area contributed by atoms with E-state index in [4.69, 9.17) is 5.73 Å². The van der Waals surface area contributed by atoms with Crippen molar-refractivity contribution in [1.82, 2.24) is 10.3 Å². The van der Waals surface area contributed by atoms with Crippen molar-refractivity contribution in [3.63, 3.8) is 0 Å². The van der Waals surface area contributed by atoms with Gasteiger partial charge < -0.3 is 11.1 Å². The van der Waals surface area contributed by atoms with Crippen molar-refractivity contribution in [3.05, 3.63) is 52.0 Å². The molecule has 0 saturated heterocycles. The van der Waals surface area contributed by atoms with Crippen molar-refractivity contribution in [1.29, 1.82) is 0 Å². The van der Waals surface area contributed by atoms with Crippen LogP contribution in [0.1, 0.15) is 47.6 Å². The molecule has 3 rings (SSSR count). The molecule has 1 aromatic carbocycles. The number of rotatable bonds is 6. The number of hydrogen-bond acceptors (Lipinski definition) is 4. The molecule has 3 N–H and O–H groups in total. The van der Waals surface area contributed by atoms with Crippen LogP contribution in [-0.4, -0.2) is 10.9 Å². The molecule has 1 fully saturated rings. The van der Waals surface area contributed by atoms with Gasteiger partial charge in [-0.3, -0.25) is 4.79 Å². The molecular weight excluding hydrogens is 294 g/mol. The highest BCUT2D eigenvalue weighted by Crippen LogP contribution is 2.41. The third-order valence-corrected chi connectivity index (χ3v) is 4.99. The summed E-state index contributed by atoms with van der Waals surface area (Å²) in [6.07, 6.45) is 2.63. The molecular formula is C17H21N3OS. The van der Waals surface area contributed by atoms with Crippen LogP contribution in [0.5, 0.6) is 0 Å². The molecule has 0 radical (unpaired) electrons. The van der Waals surface area contributed by atoms with E-state index < -0.39 is 0 Å². The van der Waals surface area contributed by atoms with Crippen molar-refractivity contribution < 1.29 is 4.79 Å². The van der Waals surface area contributed by atoms with E-state index in [0.29, 0.717) is 12.3 Å². The number of nitrogens with two attached hydrogens (primary N) is 1. The molecule has 0 aliphatic heterocycles. The standard InChI is InChI=1S/C17H21N3OS/c1-11-10-22-17(19-11)16(13-7-8-13)20-15(21)9-14(18)12-5-3-2-4-6-12/h2-6,10,13-14,16H,7-9,18H2,1H3,(H,20,21). The average molecular weight is 315 g/mol. The summed E-state index contributed by atoms with van der Waals surface area (Å²) in [5.74, 6) is 0.531. The lowest BCUT2D eigenvalue weighted by Gasteiger charge is -2.18. The molecule has 5 heteroatoms. The lowest BCUT2D eigenvalue weighted by molar-refractivity contribution is -0.122. The topological polar surface area (TPSA) is 68.0 Å². The largest absolute Gasteiger partial charge is 0.347 e. The Balaban J connectivity index is 1.62. The molecule has 2 unspecified atom stereocenters. The molecule has 1 aliphatic rings. The van der Waals surface area contributed by atoms with Gasteiger partial charge in [-0.2, -0.15) is 0 Å². The van der Waals surface area contributed by atoms with E-state index in [1.165, 1.54) is 0 Å². The molecule has 1 heterocycles. The van der Waals surface area contributed by atoms with Crippen molar-refractivity contribution >= 4 is 17.2 Å². The third kappa shape index (κ3) is 3.72. The maximum Gasteiger partial charge on any atom is 0.222 e. The Hall–Kier alpha value is -1.72. The minimum atomic E-state index is -0.265. The minimum Gasteiger partial charge on any atom is -0.347 e. The second kappa shape index (κ2) is 6.58. The molecule has 1 amide bonds. The van der Waals surface area contributed by atoms with Gasteiger partial charge in [0.25, 0.3) is 0 Å². The molecule has 1 saturated carbocycles. The Morgan fingerprint density at radius 3 is 2.73 bits per heavy atom. The summed E-state index contributed by atoms with van der Waals surface area (Å²) < 4.78 is 0. The number of nitrogens with one attached hydrogen (secondary N) is 1. The van der Waals surface area contributed by atoms with Gasteiger partial charge in [0, 0.05) is 23.5 Å². The van der Waals surface area contributed by atoms with Gasteiger partial charge in [0.05, 0.1) is 6.04 Å². The average Bonchev–Trinajstić information content (AvgIpc) is 3.27. The Morgan fingerprint density at radius 1 is 1.41 bits per heavy atom. The summed E-state index contributed by atoms with van der Waals surface area (Å²) in [6.45, 7) is 1.98. The summed E-state index contributed by atoms with van der Waals surface area (Å²) in [4.78, 5) is 16.9. The SMILES string of the molecule is Cc1csc(C(NC(=O)CC(N)c2ccccc2)C2CC2)n1. The number of aryl methyl sites for hydroxylation is 1. The highest BCUT2D eigenvalue weighted by molar-refractivity contribution is 7.09. The van der Waals surface area contributed by atoms with Crippen molar-refractivity contribution in [3.8, 4) is 0 Å². The number of thiazole rings is 1. The molecule has 22 heavy (non-hydrogen) atoms. The molecule has 1 aliphatic carbocycles. The van der Waals surface area contributed by atoms with Gasteiger partial charge in [-0.1, -0.05) is 30.3 Å². The molecule has 0 spiro atoms. The maximum absolute atomic E-state index is 12.3. The van der Waals surface area contributed by atoms with Gasteiger partial charge >= 0.3 is 0 Å². The Bertz CT molecular complexity index is 636.